The summed E-state index contributed by atoms with van der Waals surface area (Å²) in [4.78, 5) is 6.65. The van der Waals surface area contributed by atoms with Crippen molar-refractivity contribution >= 4 is 5.84 Å². The fourth-order valence-electron chi connectivity index (χ4n) is 2.34. The smallest absolute Gasteiger partial charge is 0.189 e. The van der Waals surface area contributed by atoms with E-state index in [4.69, 9.17) is 10.9 Å². The van der Waals surface area contributed by atoms with Gasteiger partial charge in [0.05, 0.1) is 0 Å². The Morgan fingerprint density at radius 2 is 2.40 bits per heavy atom. The average molecular weight is 277 g/mol. The van der Waals surface area contributed by atoms with Gasteiger partial charge < -0.3 is 16.3 Å². The molecule has 20 heavy (non-hydrogen) atoms. The summed E-state index contributed by atoms with van der Waals surface area (Å²) in [5.74, 6) is 0.0514. The maximum Gasteiger partial charge on any atom is 0.189 e. The van der Waals surface area contributed by atoms with Crippen molar-refractivity contribution in [1.82, 2.24) is 15.2 Å². The Morgan fingerprint density at radius 1 is 1.60 bits per heavy atom. The third-order valence-electron chi connectivity index (χ3n) is 3.60. The molecule has 4 N–H and O–H groups in total. The molecule has 1 heterocycles. The lowest BCUT2D eigenvalue weighted by Crippen LogP contribution is -2.33. The van der Waals surface area contributed by atoms with E-state index in [1.807, 2.05) is 12.1 Å². The number of likely N-dealkylation sites (N-methyl/N-ethyl adjacent to an activating group) is 1. The SMILES string of the molecule is CCN(CCNCc1cccnc1/C(N)=N/O)C1CC1. The minimum absolute atomic E-state index is 0.0514. The number of nitrogens with two attached hydrogens (primary N) is 1. The van der Waals surface area contributed by atoms with Crippen molar-refractivity contribution < 1.29 is 5.21 Å². The first-order valence-electron chi connectivity index (χ1n) is 7.12. The van der Waals surface area contributed by atoms with Crippen molar-refractivity contribution in [2.75, 3.05) is 19.6 Å². The molecule has 6 nitrogen and oxygen atoms in total. The van der Waals surface area contributed by atoms with Crippen LogP contribution in [0.1, 0.15) is 31.0 Å². The summed E-state index contributed by atoms with van der Waals surface area (Å²) in [5, 5.41) is 15.2. The van der Waals surface area contributed by atoms with Crippen molar-refractivity contribution in [2.24, 2.45) is 10.9 Å². The van der Waals surface area contributed by atoms with E-state index in [-0.39, 0.29) is 5.84 Å². The number of pyridine rings is 1. The molecule has 110 valence electrons. The molecule has 1 aromatic rings. The second-order valence-electron chi connectivity index (χ2n) is 5.03. The molecule has 1 fully saturated rings. The van der Waals surface area contributed by atoms with Crippen LogP contribution >= 0.6 is 0 Å². The van der Waals surface area contributed by atoms with Crippen LogP contribution in [0.4, 0.5) is 0 Å². The van der Waals surface area contributed by atoms with E-state index in [0.29, 0.717) is 12.2 Å². The zero-order chi connectivity index (χ0) is 14.4. The van der Waals surface area contributed by atoms with Crippen LogP contribution in [0.5, 0.6) is 0 Å². The van der Waals surface area contributed by atoms with Gasteiger partial charge in [-0.2, -0.15) is 0 Å². The van der Waals surface area contributed by atoms with Crippen molar-refractivity contribution in [1.29, 1.82) is 0 Å². The normalized spacial score (nSPS) is 15.8. The second kappa shape index (κ2) is 7.21. The van der Waals surface area contributed by atoms with Gasteiger partial charge in [0, 0.05) is 31.9 Å². The summed E-state index contributed by atoms with van der Waals surface area (Å²) >= 11 is 0. The van der Waals surface area contributed by atoms with Crippen LogP contribution in [0.2, 0.25) is 0 Å². The Hall–Kier alpha value is -1.66. The molecule has 0 bridgehead atoms. The Balaban J connectivity index is 1.81. The molecule has 6 heteroatoms. The van der Waals surface area contributed by atoms with Crippen molar-refractivity contribution in [3.8, 4) is 0 Å². The van der Waals surface area contributed by atoms with Crippen LogP contribution in [-0.2, 0) is 6.54 Å². The van der Waals surface area contributed by atoms with Gasteiger partial charge in [0.15, 0.2) is 5.84 Å². The molecular weight excluding hydrogens is 254 g/mol. The summed E-state index contributed by atoms with van der Waals surface area (Å²) in [5.41, 5.74) is 7.10. The number of nitrogens with zero attached hydrogens (tertiary/aromatic N) is 3. The molecule has 0 atom stereocenters. The monoisotopic (exact) mass is 277 g/mol. The summed E-state index contributed by atoms with van der Waals surface area (Å²) in [6.07, 6.45) is 4.32. The largest absolute Gasteiger partial charge is 0.409 e. The van der Waals surface area contributed by atoms with Gasteiger partial charge >= 0.3 is 0 Å². The highest BCUT2D eigenvalue weighted by atomic mass is 16.4. The van der Waals surface area contributed by atoms with Crippen molar-refractivity contribution in [2.45, 2.75) is 32.4 Å². The molecule has 1 aromatic heterocycles. The third-order valence-corrected chi connectivity index (χ3v) is 3.60. The Bertz CT molecular complexity index is 459. The number of aromatic nitrogens is 1. The molecule has 0 amide bonds. The van der Waals surface area contributed by atoms with Crippen molar-refractivity contribution in [3.05, 3.63) is 29.6 Å². The molecule has 1 aliphatic carbocycles. The predicted molar refractivity (Wildman–Crippen MR) is 78.7 cm³/mol. The molecule has 0 aromatic carbocycles. The van der Waals surface area contributed by atoms with Gasteiger partial charge in [0.2, 0.25) is 0 Å². The van der Waals surface area contributed by atoms with Crippen LogP contribution < -0.4 is 11.1 Å². The first-order chi connectivity index (χ1) is 9.76. The quantitative estimate of drug-likeness (QED) is 0.215. The first kappa shape index (κ1) is 14.7. The standard InChI is InChI=1S/C14H23N5O/c1-2-19(12-5-6-12)9-8-16-10-11-4-3-7-17-13(11)14(15)18-20/h3-4,7,12,16,20H,2,5-6,8-10H2,1H3,(H2,15,18). The number of amidine groups is 1. The van der Waals surface area contributed by atoms with E-state index in [9.17, 15) is 0 Å². The topological polar surface area (TPSA) is 86.8 Å². The molecule has 1 aliphatic rings. The fraction of sp³-hybridized carbons (Fsp3) is 0.571. The number of nitrogens with one attached hydrogen (secondary N) is 1. The number of hydrogen-bond donors (Lipinski definition) is 3. The maximum atomic E-state index is 8.75. The van der Waals surface area contributed by atoms with Gasteiger partial charge in [-0.3, -0.25) is 9.88 Å². The van der Waals surface area contributed by atoms with Gasteiger partial charge in [-0.05, 0) is 31.0 Å². The molecular formula is C14H23N5O. The van der Waals surface area contributed by atoms with E-state index in [2.05, 4.69) is 27.3 Å². The summed E-state index contributed by atoms with van der Waals surface area (Å²) in [7, 11) is 0. The Labute approximate surface area is 119 Å². The van der Waals surface area contributed by atoms with Gasteiger partial charge in [0.1, 0.15) is 5.69 Å². The highest BCUT2D eigenvalue weighted by molar-refractivity contribution is 5.96. The Kier molecular flexibility index (Phi) is 5.31. The average Bonchev–Trinajstić information content (AvgIpc) is 3.31. The van der Waals surface area contributed by atoms with Gasteiger partial charge in [0.25, 0.3) is 0 Å². The summed E-state index contributed by atoms with van der Waals surface area (Å²) in [6.45, 7) is 5.96. The van der Waals surface area contributed by atoms with Crippen LogP contribution in [0.15, 0.2) is 23.5 Å². The maximum absolute atomic E-state index is 8.75. The van der Waals surface area contributed by atoms with Gasteiger partial charge in [-0.25, -0.2) is 0 Å². The minimum atomic E-state index is 0.0514. The van der Waals surface area contributed by atoms with Crippen LogP contribution in [0.3, 0.4) is 0 Å². The molecule has 0 aliphatic heterocycles. The van der Waals surface area contributed by atoms with Crippen LogP contribution in [0, 0.1) is 0 Å². The highest BCUT2D eigenvalue weighted by Gasteiger charge is 2.26. The number of rotatable bonds is 8. The van der Waals surface area contributed by atoms with E-state index in [1.165, 1.54) is 12.8 Å². The minimum Gasteiger partial charge on any atom is -0.409 e. The fourth-order valence-corrected chi connectivity index (χ4v) is 2.34. The van der Waals surface area contributed by atoms with Gasteiger partial charge in [-0.1, -0.05) is 18.1 Å². The zero-order valence-corrected chi connectivity index (χ0v) is 11.9. The third kappa shape index (κ3) is 3.91. The lowest BCUT2D eigenvalue weighted by atomic mass is 10.2. The number of hydrogen-bond acceptors (Lipinski definition) is 5. The molecule has 2 rings (SSSR count). The van der Waals surface area contributed by atoms with Crippen LogP contribution in [-0.4, -0.2) is 46.6 Å². The summed E-state index contributed by atoms with van der Waals surface area (Å²) in [6, 6.07) is 4.59. The molecule has 0 unspecified atom stereocenters. The predicted octanol–water partition coefficient (Wildman–Crippen LogP) is 0.750. The first-order valence-corrected chi connectivity index (χ1v) is 7.12. The van der Waals surface area contributed by atoms with E-state index in [0.717, 1.165) is 31.2 Å². The lowest BCUT2D eigenvalue weighted by molar-refractivity contribution is 0.277. The highest BCUT2D eigenvalue weighted by Crippen LogP contribution is 2.25. The van der Waals surface area contributed by atoms with Crippen LogP contribution in [0.25, 0.3) is 0 Å². The second-order valence-corrected chi connectivity index (χ2v) is 5.03. The van der Waals surface area contributed by atoms with E-state index >= 15 is 0 Å². The zero-order valence-electron chi connectivity index (χ0n) is 11.9. The summed E-state index contributed by atoms with van der Waals surface area (Å²) < 4.78 is 0. The molecule has 0 saturated heterocycles. The lowest BCUT2D eigenvalue weighted by Gasteiger charge is -2.20. The molecule has 0 spiro atoms. The van der Waals surface area contributed by atoms with E-state index < -0.39 is 0 Å². The van der Waals surface area contributed by atoms with Crippen molar-refractivity contribution in [3.63, 3.8) is 0 Å². The molecule has 1 saturated carbocycles. The van der Waals surface area contributed by atoms with Gasteiger partial charge in [-0.15, -0.1) is 0 Å². The Morgan fingerprint density at radius 3 is 3.05 bits per heavy atom. The van der Waals surface area contributed by atoms with E-state index in [1.54, 1.807) is 6.20 Å². The molecule has 0 radical (unpaired) electrons. The number of oxime groups is 1.